The average molecular weight is 268 g/mol. The minimum absolute atomic E-state index is 0.200. The van der Waals surface area contributed by atoms with Gasteiger partial charge in [-0.05, 0) is 43.9 Å². The molecule has 0 aromatic heterocycles. The summed E-state index contributed by atoms with van der Waals surface area (Å²) < 4.78 is 6.19. The van der Waals surface area contributed by atoms with Gasteiger partial charge in [0.15, 0.2) is 0 Å². The second-order valence-corrected chi connectivity index (χ2v) is 6.87. The minimum Gasteiger partial charge on any atom is -0.375 e. The topological polar surface area (TPSA) is 47.3 Å². The molecular formula is C16H32N2O. The Hall–Kier alpha value is -0.120. The fourth-order valence-corrected chi connectivity index (χ4v) is 3.95. The van der Waals surface area contributed by atoms with Crippen molar-refractivity contribution in [2.45, 2.75) is 83.3 Å². The van der Waals surface area contributed by atoms with Crippen LogP contribution in [0.2, 0.25) is 0 Å². The van der Waals surface area contributed by atoms with Crippen molar-refractivity contribution in [1.82, 2.24) is 5.43 Å². The van der Waals surface area contributed by atoms with Crippen LogP contribution in [0.5, 0.6) is 0 Å². The normalized spacial score (nSPS) is 30.2. The highest BCUT2D eigenvalue weighted by Crippen LogP contribution is 2.42. The van der Waals surface area contributed by atoms with Gasteiger partial charge in [0.25, 0.3) is 0 Å². The summed E-state index contributed by atoms with van der Waals surface area (Å²) in [5.74, 6) is 7.29. The molecule has 0 bridgehead atoms. The molecule has 19 heavy (non-hydrogen) atoms. The third kappa shape index (κ3) is 3.93. The van der Waals surface area contributed by atoms with Crippen molar-refractivity contribution in [3.63, 3.8) is 0 Å². The van der Waals surface area contributed by atoms with Crippen LogP contribution in [-0.4, -0.2) is 18.2 Å². The van der Waals surface area contributed by atoms with Gasteiger partial charge >= 0.3 is 0 Å². The van der Waals surface area contributed by atoms with Gasteiger partial charge < -0.3 is 4.74 Å². The van der Waals surface area contributed by atoms with Gasteiger partial charge in [-0.15, -0.1) is 0 Å². The monoisotopic (exact) mass is 268 g/mol. The number of hydrogen-bond donors (Lipinski definition) is 2. The number of nitrogens with one attached hydrogen (secondary N) is 1. The molecule has 1 aliphatic heterocycles. The maximum atomic E-state index is 6.19. The van der Waals surface area contributed by atoms with Gasteiger partial charge in [0.2, 0.25) is 0 Å². The molecule has 3 unspecified atom stereocenters. The summed E-state index contributed by atoms with van der Waals surface area (Å²) in [5.41, 5.74) is 3.30. The predicted octanol–water partition coefficient (Wildman–Crippen LogP) is 3.38. The van der Waals surface area contributed by atoms with E-state index in [0.717, 1.165) is 12.5 Å². The number of hydrogen-bond acceptors (Lipinski definition) is 3. The zero-order valence-corrected chi connectivity index (χ0v) is 12.8. The van der Waals surface area contributed by atoms with Crippen molar-refractivity contribution in [1.29, 1.82) is 0 Å². The Morgan fingerprint density at radius 1 is 1.32 bits per heavy atom. The molecule has 0 aromatic carbocycles. The summed E-state index contributed by atoms with van der Waals surface area (Å²) in [6.07, 6.45) is 11.5. The highest BCUT2D eigenvalue weighted by molar-refractivity contribution is 4.93. The zero-order valence-electron chi connectivity index (χ0n) is 12.8. The summed E-state index contributed by atoms with van der Waals surface area (Å²) in [5, 5.41) is 0. The van der Waals surface area contributed by atoms with Gasteiger partial charge in [-0.3, -0.25) is 11.3 Å². The number of hydrazine groups is 1. The van der Waals surface area contributed by atoms with E-state index in [1.807, 2.05) is 0 Å². The highest BCUT2D eigenvalue weighted by Gasteiger charge is 2.40. The van der Waals surface area contributed by atoms with Crippen molar-refractivity contribution in [2.75, 3.05) is 6.61 Å². The Bertz CT molecular complexity index is 258. The van der Waals surface area contributed by atoms with Gasteiger partial charge in [0.1, 0.15) is 0 Å². The summed E-state index contributed by atoms with van der Waals surface area (Å²) >= 11 is 0. The molecule has 1 heterocycles. The molecule has 2 fully saturated rings. The van der Waals surface area contributed by atoms with Crippen molar-refractivity contribution in [3.05, 3.63) is 0 Å². The van der Waals surface area contributed by atoms with Crippen LogP contribution in [0.4, 0.5) is 0 Å². The lowest BCUT2D eigenvalue weighted by atomic mass is 9.73. The first-order chi connectivity index (χ1) is 9.19. The van der Waals surface area contributed by atoms with Crippen LogP contribution in [0.25, 0.3) is 0 Å². The molecule has 2 aliphatic rings. The fourth-order valence-electron chi connectivity index (χ4n) is 3.95. The smallest absolute Gasteiger partial charge is 0.0685 e. The molecule has 3 nitrogen and oxygen atoms in total. The Morgan fingerprint density at radius 3 is 2.68 bits per heavy atom. The highest BCUT2D eigenvalue weighted by atomic mass is 16.5. The summed E-state index contributed by atoms with van der Waals surface area (Å²) in [4.78, 5) is 0. The molecule has 2 rings (SSSR count). The SMILES string of the molecule is CCC(C)CC(NN)C1CCOC2(CCCCC2)C1. The fraction of sp³-hybridized carbons (Fsp3) is 1.00. The van der Waals surface area contributed by atoms with Crippen LogP contribution < -0.4 is 11.3 Å². The Kier molecular flexibility index (Phi) is 5.67. The molecule has 3 heteroatoms. The molecule has 0 amide bonds. The average Bonchev–Trinajstić information content (AvgIpc) is 2.45. The molecule has 1 saturated heterocycles. The lowest BCUT2D eigenvalue weighted by Gasteiger charge is -2.45. The largest absolute Gasteiger partial charge is 0.375 e. The first-order valence-corrected chi connectivity index (χ1v) is 8.29. The van der Waals surface area contributed by atoms with Crippen molar-refractivity contribution < 1.29 is 4.74 Å². The molecule has 3 N–H and O–H groups in total. The van der Waals surface area contributed by atoms with Crippen molar-refractivity contribution >= 4 is 0 Å². The molecule has 0 radical (unpaired) electrons. The van der Waals surface area contributed by atoms with E-state index in [1.165, 1.54) is 57.8 Å². The first-order valence-electron chi connectivity index (χ1n) is 8.29. The van der Waals surface area contributed by atoms with Gasteiger partial charge in [0, 0.05) is 12.6 Å². The van der Waals surface area contributed by atoms with E-state index < -0.39 is 0 Å². The maximum Gasteiger partial charge on any atom is 0.0685 e. The van der Waals surface area contributed by atoms with Crippen LogP contribution in [0, 0.1) is 11.8 Å². The van der Waals surface area contributed by atoms with Gasteiger partial charge in [-0.2, -0.15) is 0 Å². The van der Waals surface area contributed by atoms with E-state index in [4.69, 9.17) is 10.6 Å². The molecule has 1 saturated carbocycles. The van der Waals surface area contributed by atoms with Crippen LogP contribution in [-0.2, 0) is 4.74 Å². The molecule has 112 valence electrons. The van der Waals surface area contributed by atoms with Gasteiger partial charge in [-0.25, -0.2) is 0 Å². The molecule has 3 atom stereocenters. The van der Waals surface area contributed by atoms with E-state index >= 15 is 0 Å². The Balaban J connectivity index is 1.94. The third-order valence-corrected chi connectivity index (χ3v) is 5.43. The second-order valence-electron chi connectivity index (χ2n) is 6.87. The van der Waals surface area contributed by atoms with E-state index in [9.17, 15) is 0 Å². The molecule has 0 aromatic rings. The maximum absolute atomic E-state index is 6.19. The zero-order chi connectivity index (χ0) is 13.7. The molecular weight excluding hydrogens is 236 g/mol. The van der Waals surface area contributed by atoms with Crippen LogP contribution in [0.1, 0.15) is 71.6 Å². The van der Waals surface area contributed by atoms with E-state index in [-0.39, 0.29) is 5.60 Å². The lowest BCUT2D eigenvalue weighted by Crippen LogP contribution is -2.49. The standard InChI is InChI=1S/C16H32N2O/c1-3-13(2)11-15(18-17)14-7-10-19-16(12-14)8-5-4-6-9-16/h13-15,18H,3-12,17H2,1-2H3. The number of nitrogens with two attached hydrogens (primary N) is 1. The van der Waals surface area contributed by atoms with E-state index in [1.54, 1.807) is 0 Å². The van der Waals surface area contributed by atoms with Crippen molar-refractivity contribution in [2.24, 2.45) is 17.7 Å². The Morgan fingerprint density at radius 2 is 2.05 bits per heavy atom. The predicted molar refractivity (Wildman–Crippen MR) is 79.7 cm³/mol. The van der Waals surface area contributed by atoms with E-state index in [2.05, 4.69) is 19.3 Å². The quantitative estimate of drug-likeness (QED) is 0.593. The van der Waals surface area contributed by atoms with Crippen LogP contribution in [0.3, 0.4) is 0 Å². The lowest BCUT2D eigenvalue weighted by molar-refractivity contribution is -0.122. The second kappa shape index (κ2) is 7.05. The minimum atomic E-state index is 0.200. The summed E-state index contributed by atoms with van der Waals surface area (Å²) in [6.45, 7) is 5.54. The van der Waals surface area contributed by atoms with E-state index in [0.29, 0.717) is 12.0 Å². The van der Waals surface area contributed by atoms with Crippen molar-refractivity contribution in [3.8, 4) is 0 Å². The third-order valence-electron chi connectivity index (χ3n) is 5.43. The first kappa shape index (κ1) is 15.3. The summed E-state index contributed by atoms with van der Waals surface area (Å²) in [6, 6.07) is 0.470. The summed E-state index contributed by atoms with van der Waals surface area (Å²) in [7, 11) is 0. The number of ether oxygens (including phenoxy) is 1. The van der Waals surface area contributed by atoms with Gasteiger partial charge in [0.05, 0.1) is 5.60 Å². The van der Waals surface area contributed by atoms with Gasteiger partial charge in [-0.1, -0.05) is 39.5 Å². The number of rotatable bonds is 5. The van der Waals surface area contributed by atoms with Crippen LogP contribution >= 0.6 is 0 Å². The van der Waals surface area contributed by atoms with Crippen LogP contribution in [0.15, 0.2) is 0 Å². The Labute approximate surface area is 118 Å². The molecule has 1 spiro atoms. The molecule has 1 aliphatic carbocycles.